The van der Waals surface area contributed by atoms with Gasteiger partial charge < -0.3 is 4.74 Å². The zero-order chi connectivity index (χ0) is 31.9. The minimum Gasteiger partial charge on any atom is -0.466 e. The lowest BCUT2D eigenvalue weighted by Gasteiger charge is -2.06. The first-order chi connectivity index (χ1) is 21.8. The highest BCUT2D eigenvalue weighted by Gasteiger charge is 2.03. The Morgan fingerprint density at radius 2 is 0.636 bits per heavy atom. The van der Waals surface area contributed by atoms with E-state index in [1.165, 1.54) is 217 Å². The Hall–Kier alpha value is -0.180. The summed E-state index contributed by atoms with van der Waals surface area (Å²) in [6.07, 6.45) is 47.4. The van der Waals surface area contributed by atoms with E-state index in [1.807, 2.05) is 0 Å². The normalized spacial score (nSPS) is 11.4. The number of ether oxygens (including phenoxy) is 1. The molecular weight excluding hydrogens is 557 g/mol. The molecule has 0 bridgehead atoms. The van der Waals surface area contributed by atoms with Crippen molar-refractivity contribution in [2.75, 3.05) is 18.1 Å². The molecule has 0 heterocycles. The lowest BCUT2D eigenvalue weighted by Crippen LogP contribution is -2.05. The van der Waals surface area contributed by atoms with Gasteiger partial charge in [-0.15, -0.1) is 0 Å². The molecule has 2 nitrogen and oxygen atoms in total. The van der Waals surface area contributed by atoms with Gasteiger partial charge in [-0.2, -0.15) is 11.8 Å². The minimum absolute atomic E-state index is 0.0266. The third-order valence-electron chi connectivity index (χ3n) is 9.32. The Morgan fingerprint density at radius 3 is 0.977 bits per heavy atom. The standard InChI is InChI=1S/C41H82O2S/c1-3-5-7-9-11-13-15-16-17-19-23-27-31-35-39-44-40-36-32-28-24-20-22-26-30-34-38-43-41(42)37-33-29-25-21-18-14-12-10-8-6-4-2/h3-40H2,1-2H3. The van der Waals surface area contributed by atoms with E-state index in [9.17, 15) is 4.79 Å². The molecule has 0 amide bonds. The Labute approximate surface area is 283 Å². The summed E-state index contributed by atoms with van der Waals surface area (Å²) in [5, 5.41) is 0. The first-order valence-corrected chi connectivity index (χ1v) is 21.7. The Kier molecular flexibility index (Phi) is 40.7. The Balaban J connectivity index is 3.12. The second-order valence-corrected chi connectivity index (χ2v) is 15.1. The van der Waals surface area contributed by atoms with Crippen LogP contribution in [0.15, 0.2) is 0 Å². The lowest BCUT2D eigenvalue weighted by molar-refractivity contribution is -0.143. The maximum Gasteiger partial charge on any atom is 0.305 e. The van der Waals surface area contributed by atoms with E-state index < -0.39 is 0 Å². The molecule has 0 unspecified atom stereocenters. The fraction of sp³-hybridized carbons (Fsp3) is 0.976. The second-order valence-electron chi connectivity index (χ2n) is 13.9. The van der Waals surface area contributed by atoms with Crippen LogP contribution in [-0.2, 0) is 9.53 Å². The SMILES string of the molecule is CCCCCCCCCCCCCCCCSCCCCCCCCCCCOC(=O)CCCCCCCCCCCCC. The monoisotopic (exact) mass is 639 g/mol. The molecule has 0 aromatic heterocycles. The fourth-order valence-electron chi connectivity index (χ4n) is 6.24. The quantitative estimate of drug-likeness (QED) is 0.0495. The molecule has 0 saturated carbocycles. The van der Waals surface area contributed by atoms with Crippen LogP contribution in [0, 0.1) is 0 Å². The molecular formula is C41H82O2S. The van der Waals surface area contributed by atoms with Gasteiger partial charge in [-0.25, -0.2) is 0 Å². The summed E-state index contributed by atoms with van der Waals surface area (Å²) in [5.41, 5.74) is 0. The Bertz CT molecular complexity index is 523. The summed E-state index contributed by atoms with van der Waals surface area (Å²) >= 11 is 2.19. The molecule has 0 saturated heterocycles. The van der Waals surface area contributed by atoms with Crippen LogP contribution in [0.25, 0.3) is 0 Å². The molecule has 0 atom stereocenters. The number of carbonyl (C=O) groups is 1. The van der Waals surface area contributed by atoms with E-state index in [-0.39, 0.29) is 5.97 Å². The smallest absolute Gasteiger partial charge is 0.305 e. The largest absolute Gasteiger partial charge is 0.466 e. The third-order valence-corrected chi connectivity index (χ3v) is 10.5. The number of unbranched alkanes of at least 4 members (excludes halogenated alkanes) is 31. The summed E-state index contributed by atoms with van der Waals surface area (Å²) < 4.78 is 5.45. The van der Waals surface area contributed by atoms with Crippen molar-refractivity contribution in [2.24, 2.45) is 0 Å². The molecule has 0 aliphatic heterocycles. The molecule has 0 aromatic carbocycles. The predicted molar refractivity (Wildman–Crippen MR) is 201 cm³/mol. The van der Waals surface area contributed by atoms with Crippen molar-refractivity contribution in [2.45, 2.75) is 239 Å². The molecule has 44 heavy (non-hydrogen) atoms. The van der Waals surface area contributed by atoms with Crippen LogP contribution in [0.3, 0.4) is 0 Å². The van der Waals surface area contributed by atoms with Crippen LogP contribution < -0.4 is 0 Å². The van der Waals surface area contributed by atoms with Crippen LogP contribution in [-0.4, -0.2) is 24.1 Å². The predicted octanol–water partition coefficient (Wildman–Crippen LogP) is 15.0. The van der Waals surface area contributed by atoms with E-state index in [4.69, 9.17) is 4.74 Å². The van der Waals surface area contributed by atoms with Gasteiger partial charge in [0.1, 0.15) is 0 Å². The van der Waals surface area contributed by atoms with Crippen LogP contribution >= 0.6 is 11.8 Å². The number of thioether (sulfide) groups is 1. The first-order valence-electron chi connectivity index (χ1n) is 20.5. The number of carbonyl (C=O) groups excluding carboxylic acids is 1. The number of hydrogen-bond donors (Lipinski definition) is 0. The van der Waals surface area contributed by atoms with Gasteiger partial charge in [0.2, 0.25) is 0 Å². The number of esters is 1. The highest BCUT2D eigenvalue weighted by atomic mass is 32.2. The molecule has 0 N–H and O–H groups in total. The third kappa shape index (κ3) is 39.8. The highest BCUT2D eigenvalue weighted by molar-refractivity contribution is 7.99. The maximum atomic E-state index is 11.9. The second kappa shape index (κ2) is 40.8. The average molecular weight is 639 g/mol. The van der Waals surface area contributed by atoms with Crippen molar-refractivity contribution in [1.29, 1.82) is 0 Å². The summed E-state index contributed by atoms with van der Waals surface area (Å²) in [6.45, 7) is 5.21. The van der Waals surface area contributed by atoms with Gasteiger partial charge in [-0.05, 0) is 37.2 Å². The van der Waals surface area contributed by atoms with E-state index in [0.717, 1.165) is 12.8 Å². The molecule has 0 rings (SSSR count). The summed E-state index contributed by atoms with van der Waals surface area (Å²) in [4.78, 5) is 11.9. The topological polar surface area (TPSA) is 26.3 Å². The van der Waals surface area contributed by atoms with Gasteiger partial charge in [-0.3, -0.25) is 4.79 Å². The Morgan fingerprint density at radius 1 is 0.364 bits per heavy atom. The van der Waals surface area contributed by atoms with E-state index in [0.29, 0.717) is 13.0 Å². The molecule has 264 valence electrons. The molecule has 3 heteroatoms. The van der Waals surface area contributed by atoms with Crippen molar-refractivity contribution in [3.8, 4) is 0 Å². The molecule has 0 radical (unpaired) electrons. The molecule has 0 fully saturated rings. The average Bonchev–Trinajstić information content (AvgIpc) is 3.03. The van der Waals surface area contributed by atoms with Crippen LogP contribution in [0.4, 0.5) is 0 Å². The molecule has 0 aromatic rings. The molecule has 0 aliphatic carbocycles. The zero-order valence-corrected chi connectivity index (χ0v) is 31.4. The summed E-state index contributed by atoms with van der Waals surface area (Å²) in [7, 11) is 0. The zero-order valence-electron chi connectivity index (χ0n) is 30.6. The first kappa shape index (κ1) is 43.8. The lowest BCUT2D eigenvalue weighted by atomic mass is 10.0. The van der Waals surface area contributed by atoms with Gasteiger partial charge in [-0.1, -0.05) is 206 Å². The maximum absolute atomic E-state index is 11.9. The van der Waals surface area contributed by atoms with E-state index in [1.54, 1.807) is 0 Å². The highest BCUT2D eigenvalue weighted by Crippen LogP contribution is 2.16. The van der Waals surface area contributed by atoms with Crippen molar-refractivity contribution in [3.05, 3.63) is 0 Å². The van der Waals surface area contributed by atoms with Gasteiger partial charge in [0.15, 0.2) is 0 Å². The van der Waals surface area contributed by atoms with Crippen LogP contribution in [0.1, 0.15) is 239 Å². The van der Waals surface area contributed by atoms with E-state index >= 15 is 0 Å². The van der Waals surface area contributed by atoms with Crippen molar-refractivity contribution in [3.63, 3.8) is 0 Å². The molecule has 0 aliphatic rings. The summed E-state index contributed by atoms with van der Waals surface area (Å²) in [6, 6.07) is 0. The number of rotatable bonds is 39. The van der Waals surface area contributed by atoms with Crippen LogP contribution in [0.2, 0.25) is 0 Å². The van der Waals surface area contributed by atoms with E-state index in [2.05, 4.69) is 25.6 Å². The van der Waals surface area contributed by atoms with Gasteiger partial charge in [0, 0.05) is 6.42 Å². The van der Waals surface area contributed by atoms with Gasteiger partial charge in [0.25, 0.3) is 0 Å². The molecule has 0 spiro atoms. The van der Waals surface area contributed by atoms with Crippen molar-refractivity contribution in [1.82, 2.24) is 0 Å². The minimum atomic E-state index is 0.0266. The van der Waals surface area contributed by atoms with Crippen molar-refractivity contribution >= 4 is 17.7 Å². The van der Waals surface area contributed by atoms with Crippen LogP contribution in [0.5, 0.6) is 0 Å². The fourth-order valence-corrected chi connectivity index (χ4v) is 7.26. The summed E-state index contributed by atoms with van der Waals surface area (Å²) in [5.74, 6) is 2.78. The van der Waals surface area contributed by atoms with Gasteiger partial charge in [0.05, 0.1) is 6.61 Å². The number of hydrogen-bond acceptors (Lipinski definition) is 3. The van der Waals surface area contributed by atoms with Gasteiger partial charge >= 0.3 is 5.97 Å². The van der Waals surface area contributed by atoms with Crippen molar-refractivity contribution < 1.29 is 9.53 Å².